The smallest absolute Gasteiger partial charge is 0.260 e. The number of rotatable bonds is 4. The lowest BCUT2D eigenvalue weighted by molar-refractivity contribution is -0.134. The van der Waals surface area contributed by atoms with Crippen LogP contribution in [0.1, 0.15) is 43.4 Å². The Balaban J connectivity index is 1.98. The molecule has 0 saturated carbocycles. The van der Waals surface area contributed by atoms with Crippen LogP contribution in [0.3, 0.4) is 0 Å². The number of aliphatic hydroxyl groups is 1. The molecule has 0 bridgehead atoms. The van der Waals surface area contributed by atoms with Gasteiger partial charge in [0, 0.05) is 18.7 Å². The Labute approximate surface area is 120 Å². The van der Waals surface area contributed by atoms with E-state index >= 15 is 0 Å². The van der Waals surface area contributed by atoms with Gasteiger partial charge in [-0.05, 0) is 45.2 Å². The summed E-state index contributed by atoms with van der Waals surface area (Å²) in [5.74, 6) is 0.623. The van der Waals surface area contributed by atoms with Gasteiger partial charge in [0.25, 0.3) is 5.91 Å². The molecule has 20 heavy (non-hydrogen) atoms. The molecule has 1 saturated heterocycles. The van der Waals surface area contributed by atoms with E-state index in [1.54, 1.807) is 6.92 Å². The molecule has 1 heterocycles. The van der Waals surface area contributed by atoms with E-state index in [0.29, 0.717) is 5.75 Å². The summed E-state index contributed by atoms with van der Waals surface area (Å²) in [6.07, 6.45) is 2.76. The first-order valence-electron chi connectivity index (χ1n) is 7.27. The van der Waals surface area contributed by atoms with Crippen LogP contribution < -0.4 is 4.74 Å². The van der Waals surface area contributed by atoms with Crippen LogP contribution in [0, 0.1) is 6.92 Å². The Bertz CT molecular complexity index is 465. The maximum absolute atomic E-state index is 12.1. The zero-order chi connectivity index (χ0) is 14.5. The number of hydrogen-bond donors (Lipinski definition) is 1. The third kappa shape index (κ3) is 3.73. The van der Waals surface area contributed by atoms with Crippen molar-refractivity contribution in [2.45, 2.75) is 39.2 Å². The number of ether oxygens (including phenoxy) is 1. The number of benzene rings is 1. The Morgan fingerprint density at radius 3 is 2.70 bits per heavy atom. The quantitative estimate of drug-likeness (QED) is 0.919. The first-order valence-corrected chi connectivity index (χ1v) is 7.27. The topological polar surface area (TPSA) is 49.8 Å². The molecule has 1 aliphatic heterocycles. The second kappa shape index (κ2) is 6.75. The third-order valence-electron chi connectivity index (χ3n) is 3.68. The van der Waals surface area contributed by atoms with Gasteiger partial charge in [-0.1, -0.05) is 11.6 Å². The van der Waals surface area contributed by atoms with E-state index in [1.165, 1.54) is 6.42 Å². The Kier molecular flexibility index (Phi) is 5.01. The van der Waals surface area contributed by atoms with Gasteiger partial charge in [0.15, 0.2) is 6.61 Å². The van der Waals surface area contributed by atoms with Crippen LogP contribution in [0.15, 0.2) is 18.2 Å². The molecule has 1 aromatic carbocycles. The number of carbonyl (C=O) groups excluding carboxylic acids is 1. The summed E-state index contributed by atoms with van der Waals surface area (Å²) in [6, 6.07) is 5.64. The fraction of sp³-hybridized carbons (Fsp3) is 0.562. The molecule has 4 nitrogen and oxygen atoms in total. The molecule has 4 heteroatoms. The summed E-state index contributed by atoms with van der Waals surface area (Å²) < 4.78 is 5.62. The highest BCUT2D eigenvalue weighted by molar-refractivity contribution is 5.77. The summed E-state index contributed by atoms with van der Waals surface area (Å²) in [6.45, 7) is 5.38. The number of hydrogen-bond acceptors (Lipinski definition) is 3. The van der Waals surface area contributed by atoms with Crippen molar-refractivity contribution in [3.05, 3.63) is 29.3 Å². The van der Waals surface area contributed by atoms with Crippen molar-refractivity contribution in [3.8, 4) is 5.75 Å². The van der Waals surface area contributed by atoms with Crippen molar-refractivity contribution in [3.63, 3.8) is 0 Å². The molecule has 0 radical (unpaired) electrons. The molecule has 2 rings (SSSR count). The number of piperidine rings is 1. The molecular formula is C16H23NO3. The van der Waals surface area contributed by atoms with Gasteiger partial charge < -0.3 is 14.7 Å². The van der Waals surface area contributed by atoms with E-state index in [2.05, 4.69) is 0 Å². The van der Waals surface area contributed by atoms with E-state index in [9.17, 15) is 9.90 Å². The van der Waals surface area contributed by atoms with Crippen molar-refractivity contribution in [1.82, 2.24) is 4.90 Å². The standard InChI is InChI=1S/C16H23NO3/c1-12-6-7-15(14(10-12)13(2)18)20-11-16(19)17-8-4-3-5-9-17/h6-7,10,13,18H,3-5,8-9,11H2,1-2H3/t13-/m0/s1. The largest absolute Gasteiger partial charge is 0.483 e. The zero-order valence-electron chi connectivity index (χ0n) is 12.3. The second-order valence-electron chi connectivity index (χ2n) is 5.45. The predicted octanol–water partition coefficient (Wildman–Crippen LogP) is 2.44. The van der Waals surface area contributed by atoms with Gasteiger partial charge in [-0.3, -0.25) is 4.79 Å². The summed E-state index contributed by atoms with van der Waals surface area (Å²) in [4.78, 5) is 13.9. The monoisotopic (exact) mass is 277 g/mol. The number of aliphatic hydroxyl groups excluding tert-OH is 1. The summed E-state index contributed by atoms with van der Waals surface area (Å²) in [5.41, 5.74) is 1.80. The average Bonchev–Trinajstić information content (AvgIpc) is 2.46. The van der Waals surface area contributed by atoms with Crippen LogP contribution >= 0.6 is 0 Å². The molecule has 0 unspecified atom stereocenters. The molecule has 0 aliphatic carbocycles. The molecular weight excluding hydrogens is 254 g/mol. The lowest BCUT2D eigenvalue weighted by Crippen LogP contribution is -2.38. The van der Waals surface area contributed by atoms with Gasteiger partial charge in [-0.25, -0.2) is 0 Å². The first-order chi connectivity index (χ1) is 9.58. The van der Waals surface area contributed by atoms with Crippen LogP contribution in [0.5, 0.6) is 5.75 Å². The van der Waals surface area contributed by atoms with Crippen LogP contribution in [0.25, 0.3) is 0 Å². The van der Waals surface area contributed by atoms with E-state index in [1.807, 2.05) is 30.0 Å². The minimum absolute atomic E-state index is 0.0295. The Morgan fingerprint density at radius 1 is 1.35 bits per heavy atom. The van der Waals surface area contributed by atoms with Gasteiger partial charge in [0.1, 0.15) is 5.75 Å². The molecule has 1 fully saturated rings. The number of likely N-dealkylation sites (tertiary alicyclic amines) is 1. The lowest BCUT2D eigenvalue weighted by atomic mass is 10.1. The first kappa shape index (κ1) is 14.9. The summed E-state index contributed by atoms with van der Waals surface area (Å²) in [7, 11) is 0. The number of amides is 1. The second-order valence-corrected chi connectivity index (χ2v) is 5.45. The molecule has 1 atom stereocenters. The van der Waals surface area contributed by atoms with Gasteiger partial charge in [0.05, 0.1) is 6.10 Å². The number of carbonyl (C=O) groups is 1. The Hall–Kier alpha value is -1.55. The van der Waals surface area contributed by atoms with Crippen molar-refractivity contribution >= 4 is 5.91 Å². The maximum Gasteiger partial charge on any atom is 0.260 e. The molecule has 1 amide bonds. The molecule has 0 spiro atoms. The lowest BCUT2D eigenvalue weighted by Gasteiger charge is -2.26. The zero-order valence-corrected chi connectivity index (χ0v) is 12.3. The van der Waals surface area contributed by atoms with E-state index in [0.717, 1.165) is 37.1 Å². The molecule has 1 N–H and O–H groups in total. The summed E-state index contributed by atoms with van der Waals surface area (Å²) >= 11 is 0. The molecule has 110 valence electrons. The number of aryl methyl sites for hydroxylation is 1. The van der Waals surface area contributed by atoms with Crippen LogP contribution in [0.4, 0.5) is 0 Å². The highest BCUT2D eigenvalue weighted by Gasteiger charge is 2.18. The molecule has 0 aromatic heterocycles. The van der Waals surface area contributed by atoms with Crippen LogP contribution in [-0.4, -0.2) is 35.6 Å². The van der Waals surface area contributed by atoms with Gasteiger partial charge in [0.2, 0.25) is 0 Å². The predicted molar refractivity (Wildman–Crippen MR) is 77.7 cm³/mol. The van der Waals surface area contributed by atoms with Crippen LogP contribution in [-0.2, 0) is 4.79 Å². The Morgan fingerprint density at radius 2 is 2.05 bits per heavy atom. The molecule has 1 aliphatic rings. The van der Waals surface area contributed by atoms with Crippen LogP contribution in [0.2, 0.25) is 0 Å². The van der Waals surface area contributed by atoms with Crippen molar-refractivity contribution in [1.29, 1.82) is 0 Å². The van der Waals surface area contributed by atoms with Gasteiger partial charge >= 0.3 is 0 Å². The average molecular weight is 277 g/mol. The molecule has 1 aromatic rings. The normalized spacial score (nSPS) is 16.9. The van der Waals surface area contributed by atoms with E-state index in [-0.39, 0.29) is 12.5 Å². The van der Waals surface area contributed by atoms with Crippen molar-refractivity contribution in [2.24, 2.45) is 0 Å². The van der Waals surface area contributed by atoms with Gasteiger partial charge in [-0.2, -0.15) is 0 Å². The van der Waals surface area contributed by atoms with Crippen molar-refractivity contribution in [2.75, 3.05) is 19.7 Å². The fourth-order valence-electron chi connectivity index (χ4n) is 2.50. The minimum atomic E-state index is -0.602. The van der Waals surface area contributed by atoms with Gasteiger partial charge in [-0.15, -0.1) is 0 Å². The SMILES string of the molecule is Cc1ccc(OCC(=O)N2CCCCC2)c([C@H](C)O)c1. The third-order valence-corrected chi connectivity index (χ3v) is 3.68. The highest BCUT2D eigenvalue weighted by atomic mass is 16.5. The van der Waals surface area contributed by atoms with Crippen molar-refractivity contribution < 1.29 is 14.6 Å². The van der Waals surface area contributed by atoms with E-state index < -0.39 is 6.10 Å². The highest BCUT2D eigenvalue weighted by Crippen LogP contribution is 2.26. The maximum atomic E-state index is 12.1. The van der Waals surface area contributed by atoms with E-state index in [4.69, 9.17) is 4.74 Å². The minimum Gasteiger partial charge on any atom is -0.483 e. The summed E-state index contributed by atoms with van der Waals surface area (Å²) in [5, 5.41) is 9.77. The number of nitrogens with zero attached hydrogens (tertiary/aromatic N) is 1. The fourth-order valence-corrected chi connectivity index (χ4v) is 2.50.